The van der Waals surface area contributed by atoms with Crippen molar-refractivity contribution in [3.63, 3.8) is 0 Å². The summed E-state index contributed by atoms with van der Waals surface area (Å²) >= 11 is 0. The molecule has 1 atom stereocenters. The predicted octanol–water partition coefficient (Wildman–Crippen LogP) is 2.91. The van der Waals surface area contributed by atoms with E-state index in [4.69, 9.17) is 9.10 Å². The highest BCUT2D eigenvalue weighted by molar-refractivity contribution is 6.00. The Morgan fingerprint density at radius 2 is 1.94 bits per heavy atom. The van der Waals surface area contributed by atoms with Crippen molar-refractivity contribution in [1.29, 1.82) is 0 Å². The van der Waals surface area contributed by atoms with Gasteiger partial charge in [0.25, 0.3) is 5.91 Å². The molecule has 0 bridgehead atoms. The predicted molar refractivity (Wildman–Crippen MR) is 132 cm³/mol. The summed E-state index contributed by atoms with van der Waals surface area (Å²) in [5, 5.41) is 15.7. The number of amides is 2. The Hall–Kier alpha value is -4.15. The number of rotatable bonds is 5. The van der Waals surface area contributed by atoms with E-state index in [-0.39, 0.29) is 35.1 Å². The van der Waals surface area contributed by atoms with Gasteiger partial charge in [-0.05, 0) is 39.7 Å². The van der Waals surface area contributed by atoms with Gasteiger partial charge in [0.1, 0.15) is 0 Å². The van der Waals surface area contributed by atoms with Gasteiger partial charge < -0.3 is 20.9 Å². The number of hydrogen-bond donors (Lipinski definition) is 3. The summed E-state index contributed by atoms with van der Waals surface area (Å²) in [6.45, 7) is 3.00. The third kappa shape index (κ3) is 4.13. The van der Waals surface area contributed by atoms with Crippen LogP contribution < -0.4 is 20.9 Å². The van der Waals surface area contributed by atoms with Crippen LogP contribution in [0.4, 0.5) is 23.0 Å². The standard InChI is InChI=1S/C24H27N9O2/c1-11-8-15-19-18(27-12(2)10-26-19)13(3)33(5)21(15)22(28-11)29-16-9-17(30-23(34)14-6-7-14)31-32-20(16)24(35)25-4/h8-10,13-14H,6-7H2,1-5H3,(H,25,35)(H2,28,29,30,31,34)/t13-/m0/s1/i4D3. The van der Waals surface area contributed by atoms with Gasteiger partial charge in [-0.2, -0.15) is 0 Å². The monoisotopic (exact) mass is 476 g/mol. The zero-order valence-electron chi connectivity index (χ0n) is 22.8. The van der Waals surface area contributed by atoms with Gasteiger partial charge in [-0.1, -0.05) is 0 Å². The van der Waals surface area contributed by atoms with E-state index in [1.165, 1.54) is 6.07 Å². The number of pyridine rings is 1. The molecule has 1 aliphatic carbocycles. The maximum atomic E-state index is 12.8. The number of anilines is 4. The molecule has 0 radical (unpaired) electrons. The fourth-order valence-corrected chi connectivity index (χ4v) is 4.14. The highest BCUT2D eigenvalue weighted by atomic mass is 16.2. The van der Waals surface area contributed by atoms with Crippen LogP contribution in [0.3, 0.4) is 0 Å². The molecule has 1 fully saturated rings. The largest absolute Gasteiger partial charge is 0.363 e. The molecule has 1 saturated carbocycles. The van der Waals surface area contributed by atoms with Gasteiger partial charge >= 0.3 is 0 Å². The molecule has 11 heteroatoms. The molecule has 4 heterocycles. The number of fused-ring (bicyclic) bond motifs is 3. The molecule has 3 aromatic rings. The summed E-state index contributed by atoms with van der Waals surface area (Å²) in [6.07, 6.45) is 3.32. The van der Waals surface area contributed by atoms with Crippen molar-refractivity contribution in [3.8, 4) is 11.3 Å². The summed E-state index contributed by atoms with van der Waals surface area (Å²) < 4.78 is 22.3. The molecule has 0 spiro atoms. The zero-order valence-corrected chi connectivity index (χ0v) is 19.8. The number of aromatic nitrogens is 5. The lowest BCUT2D eigenvalue weighted by Crippen LogP contribution is -2.29. The first-order chi connectivity index (χ1) is 17.9. The molecule has 2 aliphatic rings. The average Bonchev–Trinajstić information content (AvgIpc) is 3.67. The van der Waals surface area contributed by atoms with Gasteiger partial charge in [0, 0.05) is 47.6 Å². The fraction of sp³-hybridized carbons (Fsp3) is 0.375. The Morgan fingerprint density at radius 3 is 2.69 bits per heavy atom. The van der Waals surface area contributed by atoms with Crippen LogP contribution in [0.5, 0.6) is 0 Å². The number of carbonyl (C=O) groups is 2. The Morgan fingerprint density at radius 1 is 1.14 bits per heavy atom. The summed E-state index contributed by atoms with van der Waals surface area (Å²) in [6, 6.07) is 3.24. The van der Waals surface area contributed by atoms with E-state index in [1.54, 1.807) is 6.20 Å². The smallest absolute Gasteiger partial charge is 0.273 e. The second-order valence-corrected chi connectivity index (χ2v) is 8.88. The lowest BCUT2D eigenvalue weighted by Gasteiger charge is -2.35. The van der Waals surface area contributed by atoms with E-state index in [0.717, 1.165) is 41.2 Å². The number of nitrogens with zero attached hydrogens (tertiary/aromatic N) is 6. The molecule has 0 aromatic carbocycles. The van der Waals surface area contributed by atoms with E-state index in [2.05, 4.69) is 30.8 Å². The van der Waals surface area contributed by atoms with Crippen molar-refractivity contribution in [2.24, 2.45) is 5.92 Å². The van der Waals surface area contributed by atoms with Gasteiger partial charge in [0.15, 0.2) is 17.3 Å². The van der Waals surface area contributed by atoms with Crippen molar-refractivity contribution in [1.82, 2.24) is 30.5 Å². The number of hydrogen-bond acceptors (Lipinski definition) is 9. The third-order valence-electron chi connectivity index (χ3n) is 6.20. The van der Waals surface area contributed by atoms with E-state index < -0.39 is 12.9 Å². The fourth-order valence-electron chi connectivity index (χ4n) is 4.14. The van der Waals surface area contributed by atoms with E-state index in [1.807, 2.05) is 44.1 Å². The lowest BCUT2D eigenvalue weighted by atomic mass is 9.97. The molecule has 0 unspecified atom stereocenters. The summed E-state index contributed by atoms with van der Waals surface area (Å²) in [7, 11) is 1.91. The molecule has 2 amide bonds. The van der Waals surface area contributed by atoms with Gasteiger partial charge in [0.2, 0.25) is 5.91 Å². The molecular weight excluding hydrogens is 446 g/mol. The van der Waals surface area contributed by atoms with Crippen LogP contribution in [-0.4, -0.2) is 51.0 Å². The second kappa shape index (κ2) is 8.57. The topological polar surface area (TPSA) is 138 Å². The van der Waals surface area contributed by atoms with Crippen LogP contribution in [-0.2, 0) is 4.79 Å². The first-order valence-electron chi connectivity index (χ1n) is 12.8. The number of nitrogens with one attached hydrogen (secondary N) is 3. The molecule has 180 valence electrons. The molecule has 3 aromatic heterocycles. The van der Waals surface area contributed by atoms with Gasteiger partial charge in [-0.25, -0.2) is 4.98 Å². The quantitative estimate of drug-likeness (QED) is 0.507. The minimum atomic E-state index is -2.73. The molecule has 0 saturated heterocycles. The average molecular weight is 477 g/mol. The molecule has 5 rings (SSSR count). The normalized spacial score (nSPS) is 17.9. The molecule has 35 heavy (non-hydrogen) atoms. The zero-order chi connectivity index (χ0) is 27.4. The first kappa shape index (κ1) is 19.2. The Bertz CT molecular complexity index is 1460. The SMILES string of the molecule is [2H]C([2H])([2H])NC(=O)c1nnc(NC(=O)C2CC2)cc1Nc1nc(C)cc2c1N(C)[C@@H](C)c1nc(C)cnc1-2. The second-order valence-electron chi connectivity index (χ2n) is 8.88. The van der Waals surface area contributed by atoms with E-state index in [9.17, 15) is 9.59 Å². The van der Waals surface area contributed by atoms with Crippen molar-refractivity contribution in [2.45, 2.75) is 39.7 Å². The summed E-state index contributed by atoms with van der Waals surface area (Å²) in [5.74, 6) is -0.676. The van der Waals surface area contributed by atoms with Crippen molar-refractivity contribution in [3.05, 3.63) is 41.1 Å². The first-order valence-corrected chi connectivity index (χ1v) is 11.3. The van der Waals surface area contributed by atoms with Crippen molar-refractivity contribution in [2.75, 3.05) is 29.6 Å². The molecular formula is C24H27N9O2. The lowest BCUT2D eigenvalue weighted by molar-refractivity contribution is -0.117. The molecule has 11 nitrogen and oxygen atoms in total. The minimum absolute atomic E-state index is 0.0721. The summed E-state index contributed by atoms with van der Waals surface area (Å²) in [5.41, 5.74) is 4.46. The third-order valence-corrected chi connectivity index (χ3v) is 6.20. The Kier molecular flexibility index (Phi) is 4.70. The Labute approximate surface area is 207 Å². The van der Waals surface area contributed by atoms with Crippen LogP contribution in [0.15, 0.2) is 18.3 Å². The van der Waals surface area contributed by atoms with Crippen molar-refractivity contribution < 1.29 is 13.7 Å². The van der Waals surface area contributed by atoms with Crippen LogP contribution in [0.1, 0.15) is 57.5 Å². The van der Waals surface area contributed by atoms with Gasteiger partial charge in [-0.15, -0.1) is 10.2 Å². The van der Waals surface area contributed by atoms with Crippen LogP contribution in [0.25, 0.3) is 11.3 Å². The minimum Gasteiger partial charge on any atom is -0.363 e. The van der Waals surface area contributed by atoms with Crippen LogP contribution in [0, 0.1) is 19.8 Å². The van der Waals surface area contributed by atoms with Gasteiger partial charge in [0.05, 0.1) is 34.5 Å². The maximum absolute atomic E-state index is 12.8. The molecule has 1 aliphatic heterocycles. The molecule has 3 N–H and O–H groups in total. The van der Waals surface area contributed by atoms with E-state index in [0.29, 0.717) is 11.5 Å². The van der Waals surface area contributed by atoms with E-state index >= 15 is 0 Å². The van der Waals surface area contributed by atoms with Crippen LogP contribution in [0.2, 0.25) is 0 Å². The highest BCUT2D eigenvalue weighted by Gasteiger charge is 2.33. The number of carbonyl (C=O) groups excluding carboxylic acids is 2. The van der Waals surface area contributed by atoms with Crippen LogP contribution >= 0.6 is 0 Å². The van der Waals surface area contributed by atoms with Gasteiger partial charge in [-0.3, -0.25) is 19.6 Å². The highest BCUT2D eigenvalue weighted by Crippen LogP contribution is 2.46. The Balaban J connectivity index is 1.60. The summed E-state index contributed by atoms with van der Waals surface area (Å²) in [4.78, 5) is 41.2. The maximum Gasteiger partial charge on any atom is 0.273 e. The number of aryl methyl sites for hydroxylation is 2. The van der Waals surface area contributed by atoms with Crippen molar-refractivity contribution >= 4 is 34.8 Å².